The predicted octanol–water partition coefficient (Wildman–Crippen LogP) is 3.53. The van der Waals surface area contributed by atoms with Gasteiger partial charge in [-0.15, -0.1) is 0 Å². The number of halogens is 1. The van der Waals surface area contributed by atoms with Crippen molar-refractivity contribution in [1.29, 1.82) is 0 Å². The molecule has 0 radical (unpaired) electrons. The second kappa shape index (κ2) is 6.66. The van der Waals surface area contributed by atoms with Gasteiger partial charge in [-0.1, -0.05) is 24.4 Å². The molecule has 1 saturated carbocycles. The molecule has 2 atom stereocenters. The van der Waals surface area contributed by atoms with Crippen LogP contribution in [0.3, 0.4) is 0 Å². The van der Waals surface area contributed by atoms with Gasteiger partial charge in [0.2, 0.25) is 11.7 Å². The van der Waals surface area contributed by atoms with Crippen LogP contribution in [0, 0.1) is 0 Å². The molecule has 1 aliphatic rings. The molecule has 112 valence electrons. The molecule has 21 heavy (non-hydrogen) atoms. The third-order valence-corrected chi connectivity index (χ3v) is 4.76. The first kappa shape index (κ1) is 14.7. The average molecular weight is 351 g/mol. The third-order valence-electron chi connectivity index (χ3n) is 4.12. The highest BCUT2D eigenvalue weighted by Gasteiger charge is 2.29. The summed E-state index contributed by atoms with van der Waals surface area (Å²) in [5.41, 5.74) is 0.724. The molecular weight excluding hydrogens is 332 g/mol. The zero-order valence-corrected chi connectivity index (χ0v) is 13.6. The van der Waals surface area contributed by atoms with Crippen LogP contribution in [-0.2, 0) is 0 Å². The summed E-state index contributed by atoms with van der Waals surface area (Å²) in [6.45, 7) is 0. The maximum absolute atomic E-state index is 5.54. The molecule has 0 saturated heterocycles. The number of likely N-dealkylation sites (N-methyl/N-ethyl adjacent to an activating group) is 1. The van der Waals surface area contributed by atoms with Gasteiger partial charge >= 0.3 is 0 Å². The van der Waals surface area contributed by atoms with Crippen LogP contribution in [0.4, 0.5) is 0 Å². The van der Waals surface area contributed by atoms with E-state index in [1.54, 1.807) is 6.20 Å². The Morgan fingerprint density at radius 2 is 2.14 bits per heavy atom. The first-order chi connectivity index (χ1) is 10.3. The van der Waals surface area contributed by atoms with Crippen molar-refractivity contribution in [3.63, 3.8) is 0 Å². The summed E-state index contributed by atoms with van der Waals surface area (Å²) >= 11 is 3.48. The Labute approximate surface area is 132 Å². The summed E-state index contributed by atoms with van der Waals surface area (Å²) in [4.78, 5) is 8.91. The van der Waals surface area contributed by atoms with Crippen LogP contribution in [0.1, 0.15) is 43.9 Å². The molecule has 1 aliphatic carbocycles. The van der Waals surface area contributed by atoms with E-state index in [2.05, 4.69) is 36.4 Å². The number of hydrogen-bond acceptors (Lipinski definition) is 5. The van der Waals surface area contributed by atoms with Gasteiger partial charge in [-0.3, -0.25) is 4.98 Å². The Balaban J connectivity index is 1.88. The molecule has 0 amide bonds. The molecule has 0 spiro atoms. The van der Waals surface area contributed by atoms with Gasteiger partial charge in [0.15, 0.2) is 0 Å². The fourth-order valence-electron chi connectivity index (χ4n) is 2.98. The number of nitrogens with one attached hydrogen (secondary N) is 1. The summed E-state index contributed by atoms with van der Waals surface area (Å²) in [7, 11) is 2.01. The lowest BCUT2D eigenvalue weighted by Crippen LogP contribution is -2.31. The van der Waals surface area contributed by atoms with Crippen LogP contribution in [0.2, 0.25) is 0 Å². The van der Waals surface area contributed by atoms with Crippen molar-refractivity contribution in [1.82, 2.24) is 20.4 Å². The SMILES string of the molecule is CNC1CCCCCC1c1nc(-c2ncccc2Br)no1. The highest BCUT2D eigenvalue weighted by molar-refractivity contribution is 9.10. The molecule has 1 N–H and O–H groups in total. The van der Waals surface area contributed by atoms with Gasteiger partial charge in [0.05, 0.1) is 5.92 Å². The van der Waals surface area contributed by atoms with Gasteiger partial charge in [0, 0.05) is 16.7 Å². The summed E-state index contributed by atoms with van der Waals surface area (Å²) < 4.78 is 6.42. The van der Waals surface area contributed by atoms with E-state index < -0.39 is 0 Å². The van der Waals surface area contributed by atoms with Gasteiger partial charge in [0.25, 0.3) is 0 Å². The minimum absolute atomic E-state index is 0.293. The summed E-state index contributed by atoms with van der Waals surface area (Å²) in [5.74, 6) is 1.57. The van der Waals surface area contributed by atoms with Gasteiger partial charge in [-0.25, -0.2) is 0 Å². The van der Waals surface area contributed by atoms with Gasteiger partial charge < -0.3 is 9.84 Å². The van der Waals surface area contributed by atoms with E-state index in [4.69, 9.17) is 4.52 Å². The van der Waals surface area contributed by atoms with Crippen LogP contribution < -0.4 is 5.32 Å². The highest BCUT2D eigenvalue weighted by Crippen LogP contribution is 2.32. The minimum atomic E-state index is 0.293. The van der Waals surface area contributed by atoms with Crippen molar-refractivity contribution in [3.8, 4) is 11.5 Å². The number of pyridine rings is 1. The lowest BCUT2D eigenvalue weighted by atomic mass is 9.95. The molecule has 0 aliphatic heterocycles. The number of nitrogens with zero attached hydrogens (tertiary/aromatic N) is 3. The van der Waals surface area contributed by atoms with Crippen molar-refractivity contribution in [2.75, 3.05) is 7.05 Å². The average Bonchev–Trinajstić information content (AvgIpc) is 2.85. The van der Waals surface area contributed by atoms with Crippen LogP contribution in [0.25, 0.3) is 11.5 Å². The Hall–Kier alpha value is -1.27. The van der Waals surface area contributed by atoms with Gasteiger partial charge in [0.1, 0.15) is 5.69 Å². The van der Waals surface area contributed by atoms with Crippen LogP contribution >= 0.6 is 15.9 Å². The first-order valence-corrected chi connectivity index (χ1v) is 8.20. The lowest BCUT2D eigenvalue weighted by molar-refractivity contribution is 0.311. The molecule has 2 aromatic heterocycles. The first-order valence-electron chi connectivity index (χ1n) is 7.41. The van der Waals surface area contributed by atoms with Gasteiger partial charge in [-0.05, 0) is 48.0 Å². The van der Waals surface area contributed by atoms with Crippen molar-refractivity contribution in [3.05, 3.63) is 28.7 Å². The largest absolute Gasteiger partial charge is 0.339 e. The molecule has 2 unspecified atom stereocenters. The molecule has 1 fully saturated rings. The molecular formula is C15H19BrN4O. The fourth-order valence-corrected chi connectivity index (χ4v) is 3.41. The van der Waals surface area contributed by atoms with E-state index in [9.17, 15) is 0 Å². The molecule has 0 bridgehead atoms. The van der Waals surface area contributed by atoms with Crippen LogP contribution in [0.15, 0.2) is 27.3 Å². The van der Waals surface area contributed by atoms with Crippen molar-refractivity contribution in [2.45, 2.75) is 44.1 Å². The minimum Gasteiger partial charge on any atom is -0.339 e. The number of aromatic nitrogens is 3. The second-order valence-electron chi connectivity index (χ2n) is 5.43. The fraction of sp³-hybridized carbons (Fsp3) is 0.533. The van der Waals surface area contributed by atoms with E-state index in [1.807, 2.05) is 19.2 Å². The quantitative estimate of drug-likeness (QED) is 0.857. The standard InChI is InChI=1S/C15H19BrN4O/c1-17-12-8-4-2-3-6-10(12)15-19-14(20-21-15)13-11(16)7-5-9-18-13/h5,7,9-10,12,17H,2-4,6,8H2,1H3. The summed E-state index contributed by atoms with van der Waals surface area (Å²) in [6.07, 6.45) is 7.74. The van der Waals surface area contributed by atoms with Gasteiger partial charge in [-0.2, -0.15) is 4.98 Å². The smallest absolute Gasteiger partial charge is 0.231 e. The zero-order valence-electron chi connectivity index (χ0n) is 12.1. The Morgan fingerprint density at radius 3 is 2.95 bits per heavy atom. The number of rotatable bonds is 3. The summed E-state index contributed by atoms with van der Waals surface area (Å²) in [5, 5.41) is 7.52. The Bertz CT molecular complexity index is 601. The maximum Gasteiger partial charge on any atom is 0.231 e. The predicted molar refractivity (Wildman–Crippen MR) is 83.9 cm³/mol. The maximum atomic E-state index is 5.54. The van der Waals surface area contributed by atoms with E-state index in [-0.39, 0.29) is 0 Å². The van der Waals surface area contributed by atoms with E-state index >= 15 is 0 Å². The normalized spacial score (nSPS) is 23.0. The summed E-state index contributed by atoms with van der Waals surface area (Å²) in [6, 6.07) is 4.21. The Morgan fingerprint density at radius 1 is 1.29 bits per heavy atom. The molecule has 2 heterocycles. The molecule has 3 rings (SSSR count). The zero-order chi connectivity index (χ0) is 14.7. The topological polar surface area (TPSA) is 63.8 Å². The highest BCUT2D eigenvalue weighted by atomic mass is 79.9. The van der Waals surface area contributed by atoms with Crippen molar-refractivity contribution in [2.24, 2.45) is 0 Å². The third kappa shape index (κ3) is 3.16. The number of hydrogen-bond donors (Lipinski definition) is 1. The monoisotopic (exact) mass is 350 g/mol. The van der Waals surface area contributed by atoms with E-state index in [0.29, 0.717) is 17.8 Å². The lowest BCUT2D eigenvalue weighted by Gasteiger charge is -2.20. The second-order valence-corrected chi connectivity index (χ2v) is 6.28. The Kier molecular flexibility index (Phi) is 4.65. The van der Waals surface area contributed by atoms with Crippen molar-refractivity contribution < 1.29 is 4.52 Å². The van der Waals surface area contributed by atoms with Crippen molar-refractivity contribution >= 4 is 15.9 Å². The van der Waals surface area contributed by atoms with Crippen LogP contribution in [-0.4, -0.2) is 28.2 Å². The van der Waals surface area contributed by atoms with E-state index in [0.717, 1.165) is 28.9 Å². The van der Waals surface area contributed by atoms with Crippen LogP contribution in [0.5, 0.6) is 0 Å². The van der Waals surface area contributed by atoms with E-state index in [1.165, 1.54) is 19.3 Å². The molecule has 6 heteroatoms. The molecule has 0 aromatic carbocycles. The molecule has 2 aromatic rings. The molecule has 5 nitrogen and oxygen atoms in total.